The second-order valence-electron chi connectivity index (χ2n) is 4.66. The Kier molecular flexibility index (Phi) is 4.68. The van der Waals surface area contributed by atoms with Crippen LogP contribution in [0, 0.1) is 4.77 Å². The van der Waals surface area contributed by atoms with Gasteiger partial charge in [-0.25, -0.2) is 5.10 Å². The molecule has 3 rings (SSSR count). The fraction of sp³-hybridized carbons (Fsp3) is 0.0625. The zero-order valence-electron chi connectivity index (χ0n) is 12.2. The molecule has 0 atom stereocenters. The van der Waals surface area contributed by atoms with Crippen LogP contribution in [0.25, 0.3) is 11.4 Å². The number of aromatic amines is 1. The Hall–Kier alpha value is -2.25. The van der Waals surface area contributed by atoms with Crippen molar-refractivity contribution in [3.05, 3.63) is 63.3 Å². The number of nitrogens with one attached hydrogen (secondary N) is 1. The van der Waals surface area contributed by atoms with Crippen molar-refractivity contribution in [2.24, 2.45) is 5.10 Å². The second kappa shape index (κ2) is 6.89. The first-order chi connectivity index (χ1) is 11.2. The molecule has 0 fully saturated rings. The summed E-state index contributed by atoms with van der Waals surface area (Å²) in [7, 11) is 1.64. The molecule has 116 valence electrons. The van der Waals surface area contributed by atoms with Crippen LogP contribution in [0.15, 0.2) is 58.1 Å². The Bertz CT molecular complexity index is 899. The third-order valence-electron chi connectivity index (χ3n) is 3.20. The summed E-state index contributed by atoms with van der Waals surface area (Å²) in [6.45, 7) is 0. The van der Waals surface area contributed by atoms with Crippen LogP contribution in [0.5, 0.6) is 5.75 Å². The van der Waals surface area contributed by atoms with Crippen molar-refractivity contribution in [1.82, 2.24) is 14.9 Å². The van der Waals surface area contributed by atoms with E-state index in [1.54, 1.807) is 18.0 Å². The molecule has 23 heavy (non-hydrogen) atoms. The number of H-pyrrole nitrogens is 1. The minimum Gasteiger partial charge on any atom is -0.497 e. The van der Waals surface area contributed by atoms with Gasteiger partial charge in [0.25, 0.3) is 0 Å². The largest absolute Gasteiger partial charge is 0.497 e. The van der Waals surface area contributed by atoms with Gasteiger partial charge in [-0.05, 0) is 54.2 Å². The van der Waals surface area contributed by atoms with Gasteiger partial charge in [-0.15, -0.1) is 0 Å². The number of rotatable bonds is 4. The average molecular weight is 389 g/mol. The average Bonchev–Trinajstić information content (AvgIpc) is 2.94. The van der Waals surface area contributed by atoms with Gasteiger partial charge in [-0.2, -0.15) is 14.9 Å². The van der Waals surface area contributed by atoms with Gasteiger partial charge < -0.3 is 4.74 Å². The fourth-order valence-electron chi connectivity index (χ4n) is 2.03. The first-order valence-corrected chi connectivity index (χ1v) is 8.00. The van der Waals surface area contributed by atoms with Crippen LogP contribution < -0.4 is 4.74 Å². The molecule has 0 aliphatic heterocycles. The van der Waals surface area contributed by atoms with E-state index in [4.69, 9.17) is 17.0 Å². The fourth-order valence-corrected chi connectivity index (χ4v) is 2.67. The molecular weight excluding hydrogens is 376 g/mol. The van der Waals surface area contributed by atoms with Gasteiger partial charge in [0.1, 0.15) is 5.75 Å². The summed E-state index contributed by atoms with van der Waals surface area (Å²) >= 11 is 8.79. The first-order valence-electron chi connectivity index (χ1n) is 6.80. The van der Waals surface area contributed by atoms with Crippen molar-refractivity contribution in [2.45, 2.75) is 0 Å². The highest BCUT2D eigenvalue weighted by Crippen LogP contribution is 2.26. The highest BCUT2D eigenvalue weighted by molar-refractivity contribution is 9.10. The summed E-state index contributed by atoms with van der Waals surface area (Å²) in [5.41, 5.74) is 1.85. The summed E-state index contributed by atoms with van der Waals surface area (Å²) in [6.07, 6.45) is 1.73. The number of halogens is 1. The van der Waals surface area contributed by atoms with Crippen LogP contribution in [0.3, 0.4) is 0 Å². The highest BCUT2D eigenvalue weighted by atomic mass is 79.9. The minimum atomic E-state index is 0.431. The van der Waals surface area contributed by atoms with Gasteiger partial charge in [-0.3, -0.25) is 0 Å². The molecule has 0 aliphatic rings. The van der Waals surface area contributed by atoms with E-state index in [0.717, 1.165) is 21.3 Å². The van der Waals surface area contributed by atoms with E-state index in [1.165, 1.54) is 0 Å². The van der Waals surface area contributed by atoms with Crippen LogP contribution in [0.2, 0.25) is 0 Å². The molecule has 0 spiro atoms. The Morgan fingerprint density at radius 2 is 1.96 bits per heavy atom. The predicted molar refractivity (Wildman–Crippen MR) is 96.5 cm³/mol. The van der Waals surface area contributed by atoms with Gasteiger partial charge in [0.05, 0.1) is 13.3 Å². The van der Waals surface area contributed by atoms with Crippen LogP contribution in [0.4, 0.5) is 0 Å². The SMILES string of the molecule is COc1ccc(C=Nn2c(-c3ccccc3Br)n[nH]c2=S)cc1. The third-order valence-corrected chi connectivity index (χ3v) is 4.16. The number of aromatic nitrogens is 3. The van der Waals surface area contributed by atoms with E-state index in [0.29, 0.717) is 10.6 Å². The molecule has 0 radical (unpaired) electrons. The molecule has 3 aromatic rings. The van der Waals surface area contributed by atoms with Gasteiger partial charge >= 0.3 is 0 Å². The maximum absolute atomic E-state index is 5.27. The smallest absolute Gasteiger partial charge is 0.216 e. The summed E-state index contributed by atoms with van der Waals surface area (Å²) in [5, 5.41) is 11.5. The standard InChI is InChI=1S/C16H13BrN4OS/c1-22-12-8-6-11(7-9-12)10-18-21-15(19-20-16(21)23)13-4-2-3-5-14(13)17/h2-10H,1H3,(H,20,23). The van der Waals surface area contributed by atoms with Crippen molar-refractivity contribution >= 4 is 34.4 Å². The topological polar surface area (TPSA) is 55.2 Å². The van der Waals surface area contributed by atoms with Gasteiger partial charge in [0.2, 0.25) is 4.77 Å². The molecule has 5 nitrogen and oxygen atoms in total. The molecule has 0 aliphatic carbocycles. The van der Waals surface area contributed by atoms with Gasteiger partial charge in [-0.1, -0.05) is 28.1 Å². The zero-order chi connectivity index (χ0) is 16.2. The van der Waals surface area contributed by atoms with Crippen molar-refractivity contribution < 1.29 is 4.74 Å². The first kappa shape index (κ1) is 15.6. The lowest BCUT2D eigenvalue weighted by molar-refractivity contribution is 0.415. The van der Waals surface area contributed by atoms with Gasteiger partial charge in [0, 0.05) is 10.0 Å². The molecular formula is C16H13BrN4OS. The Morgan fingerprint density at radius 3 is 2.65 bits per heavy atom. The summed E-state index contributed by atoms with van der Waals surface area (Å²) < 4.78 is 8.10. The number of nitrogens with zero attached hydrogens (tertiary/aromatic N) is 3. The van der Waals surface area contributed by atoms with Crippen LogP contribution >= 0.6 is 28.1 Å². The molecule has 1 aromatic heterocycles. The summed E-state index contributed by atoms with van der Waals surface area (Å²) in [5.74, 6) is 1.45. The van der Waals surface area contributed by atoms with Crippen molar-refractivity contribution in [3.8, 4) is 17.1 Å². The molecule has 1 N–H and O–H groups in total. The lowest BCUT2D eigenvalue weighted by atomic mass is 10.2. The quantitative estimate of drug-likeness (QED) is 0.536. The van der Waals surface area contributed by atoms with Crippen LogP contribution in [-0.2, 0) is 0 Å². The van der Waals surface area contributed by atoms with E-state index in [-0.39, 0.29) is 0 Å². The van der Waals surface area contributed by atoms with Crippen molar-refractivity contribution in [1.29, 1.82) is 0 Å². The molecule has 2 aromatic carbocycles. The number of methoxy groups -OCH3 is 1. The highest BCUT2D eigenvalue weighted by Gasteiger charge is 2.10. The number of ether oxygens (including phenoxy) is 1. The second-order valence-corrected chi connectivity index (χ2v) is 5.90. The number of hydrogen-bond acceptors (Lipinski definition) is 4. The van der Waals surface area contributed by atoms with Crippen LogP contribution in [0.1, 0.15) is 5.56 Å². The van der Waals surface area contributed by atoms with Crippen molar-refractivity contribution in [2.75, 3.05) is 7.11 Å². The lowest BCUT2D eigenvalue weighted by Gasteiger charge is -2.03. The number of hydrogen-bond donors (Lipinski definition) is 1. The zero-order valence-corrected chi connectivity index (χ0v) is 14.6. The number of benzene rings is 2. The Morgan fingerprint density at radius 1 is 1.22 bits per heavy atom. The molecule has 1 heterocycles. The molecule has 0 bridgehead atoms. The monoisotopic (exact) mass is 388 g/mol. The summed E-state index contributed by atoms with van der Waals surface area (Å²) in [6, 6.07) is 15.4. The summed E-state index contributed by atoms with van der Waals surface area (Å²) in [4.78, 5) is 0. The molecule has 0 saturated heterocycles. The maximum atomic E-state index is 5.27. The predicted octanol–water partition coefficient (Wildman–Crippen LogP) is 4.26. The van der Waals surface area contributed by atoms with E-state index < -0.39 is 0 Å². The third kappa shape index (κ3) is 3.40. The maximum Gasteiger partial charge on any atom is 0.216 e. The molecule has 0 saturated carbocycles. The molecule has 0 unspecified atom stereocenters. The van der Waals surface area contributed by atoms with E-state index in [1.807, 2.05) is 48.5 Å². The lowest BCUT2D eigenvalue weighted by Crippen LogP contribution is -1.95. The van der Waals surface area contributed by atoms with E-state index in [9.17, 15) is 0 Å². The van der Waals surface area contributed by atoms with E-state index >= 15 is 0 Å². The molecule has 7 heteroatoms. The van der Waals surface area contributed by atoms with E-state index in [2.05, 4.69) is 31.2 Å². The van der Waals surface area contributed by atoms with Gasteiger partial charge in [0.15, 0.2) is 5.82 Å². The Labute approximate surface area is 146 Å². The normalized spacial score (nSPS) is 11.0. The van der Waals surface area contributed by atoms with Crippen LogP contribution in [-0.4, -0.2) is 28.2 Å². The molecule has 0 amide bonds. The minimum absolute atomic E-state index is 0.431. The Balaban J connectivity index is 1.97. The van der Waals surface area contributed by atoms with Crippen molar-refractivity contribution in [3.63, 3.8) is 0 Å².